The van der Waals surface area contributed by atoms with Crippen molar-refractivity contribution in [2.45, 2.75) is 46.0 Å². The minimum absolute atomic E-state index is 0.790. The largest absolute Gasteiger partial charge is 0.494 e. The molecule has 0 aliphatic carbocycles. The molecule has 0 saturated heterocycles. The number of hydrogen-bond donors (Lipinski definition) is 0. The molecular weight excluding hydrogens is 282 g/mol. The molecule has 2 aromatic rings. The minimum atomic E-state index is 0.790. The molecule has 0 atom stereocenters. The molecule has 0 fully saturated rings. The quantitative estimate of drug-likeness (QED) is 0.530. The zero-order chi connectivity index (χ0) is 16.3. The Balaban J connectivity index is 1.86. The molecule has 0 bridgehead atoms. The Morgan fingerprint density at radius 2 is 1.74 bits per heavy atom. The zero-order valence-corrected chi connectivity index (χ0v) is 14.1. The zero-order valence-electron chi connectivity index (χ0n) is 14.1. The fourth-order valence-electron chi connectivity index (χ4n) is 2.20. The van der Waals surface area contributed by atoms with Gasteiger partial charge in [-0.2, -0.15) is 0 Å². The Morgan fingerprint density at radius 1 is 0.913 bits per heavy atom. The summed E-state index contributed by atoms with van der Waals surface area (Å²) >= 11 is 0. The number of pyridine rings is 1. The van der Waals surface area contributed by atoms with E-state index in [1.54, 1.807) is 0 Å². The van der Waals surface area contributed by atoms with E-state index in [4.69, 9.17) is 4.74 Å². The average Bonchev–Trinajstić information content (AvgIpc) is 2.61. The molecule has 0 aliphatic rings. The van der Waals surface area contributed by atoms with E-state index in [0.717, 1.165) is 36.5 Å². The third-order valence-corrected chi connectivity index (χ3v) is 3.69. The van der Waals surface area contributed by atoms with Crippen LogP contribution in [-0.2, 0) is 6.42 Å². The maximum atomic E-state index is 5.74. The molecule has 2 nitrogen and oxygen atoms in total. The van der Waals surface area contributed by atoms with Gasteiger partial charge in [-0.25, -0.2) is 4.98 Å². The van der Waals surface area contributed by atoms with Gasteiger partial charge >= 0.3 is 0 Å². The number of hydrogen-bond acceptors (Lipinski definition) is 2. The first-order valence-electron chi connectivity index (χ1n) is 8.51. The van der Waals surface area contributed by atoms with Gasteiger partial charge in [-0.15, -0.1) is 0 Å². The van der Waals surface area contributed by atoms with Gasteiger partial charge in [0.05, 0.1) is 6.61 Å². The fraction of sp³-hybridized carbons (Fsp3) is 0.381. The third kappa shape index (κ3) is 6.16. The fourth-order valence-corrected chi connectivity index (χ4v) is 2.20. The van der Waals surface area contributed by atoms with Crippen molar-refractivity contribution >= 4 is 0 Å². The van der Waals surface area contributed by atoms with Crippen molar-refractivity contribution in [1.82, 2.24) is 4.98 Å². The molecule has 0 unspecified atom stereocenters. The molecule has 0 N–H and O–H groups in total. The number of ether oxygens (including phenoxy) is 1. The van der Waals surface area contributed by atoms with Crippen LogP contribution < -0.4 is 4.74 Å². The lowest BCUT2D eigenvalue weighted by Crippen LogP contribution is -1.96. The van der Waals surface area contributed by atoms with Gasteiger partial charge in [0.2, 0.25) is 0 Å². The molecule has 1 heterocycles. The highest BCUT2D eigenvalue weighted by atomic mass is 16.5. The first-order chi connectivity index (χ1) is 11.3. The van der Waals surface area contributed by atoms with Gasteiger partial charge in [-0.1, -0.05) is 45.1 Å². The highest BCUT2D eigenvalue weighted by Crippen LogP contribution is 2.12. The molecule has 1 aromatic carbocycles. The number of unbranched alkanes of at least 4 members (excludes halogenated alkanes) is 3. The summed E-state index contributed by atoms with van der Waals surface area (Å²) in [7, 11) is 0. The van der Waals surface area contributed by atoms with E-state index in [1.165, 1.54) is 24.8 Å². The molecule has 0 saturated carbocycles. The molecule has 2 heteroatoms. The second-order valence-corrected chi connectivity index (χ2v) is 5.59. The Morgan fingerprint density at radius 3 is 2.39 bits per heavy atom. The second-order valence-electron chi connectivity index (χ2n) is 5.59. The maximum absolute atomic E-state index is 5.74. The summed E-state index contributed by atoms with van der Waals surface area (Å²) in [4.78, 5) is 4.35. The predicted octanol–water partition coefficient (Wildman–Crippen LogP) is 5.00. The topological polar surface area (TPSA) is 22.1 Å². The standard InChI is InChI=1S/C21H25NO/c1-3-5-6-7-16-23-21-14-10-19(11-15-21)9-13-20-12-8-18(4-2)17-22-20/h8,10-12,14-15,17H,3-7,16H2,1-2H3. The van der Waals surface area contributed by atoms with Crippen LogP contribution in [0.2, 0.25) is 0 Å². The first kappa shape index (κ1) is 17.1. The highest BCUT2D eigenvalue weighted by molar-refractivity contribution is 5.42. The van der Waals surface area contributed by atoms with Gasteiger partial charge < -0.3 is 4.74 Å². The van der Waals surface area contributed by atoms with E-state index in [1.807, 2.05) is 36.5 Å². The molecule has 0 aliphatic heterocycles. The summed E-state index contributed by atoms with van der Waals surface area (Å²) in [5, 5.41) is 0. The molecule has 2 rings (SSSR count). The summed E-state index contributed by atoms with van der Waals surface area (Å²) in [5.41, 5.74) is 3.01. The van der Waals surface area contributed by atoms with Gasteiger partial charge in [-0.3, -0.25) is 0 Å². The van der Waals surface area contributed by atoms with Crippen LogP contribution in [0.3, 0.4) is 0 Å². The smallest absolute Gasteiger partial charge is 0.119 e. The van der Waals surface area contributed by atoms with Crippen molar-refractivity contribution in [1.29, 1.82) is 0 Å². The lowest BCUT2D eigenvalue weighted by atomic mass is 10.2. The van der Waals surface area contributed by atoms with Crippen molar-refractivity contribution in [2.24, 2.45) is 0 Å². The van der Waals surface area contributed by atoms with Gasteiger partial charge in [0.1, 0.15) is 11.4 Å². The van der Waals surface area contributed by atoms with Crippen LogP contribution in [0.4, 0.5) is 0 Å². The summed E-state index contributed by atoms with van der Waals surface area (Å²) in [6, 6.07) is 12.0. The Bertz CT molecular complexity index is 632. The molecule has 0 spiro atoms. The SMILES string of the molecule is CCCCCCOc1ccc(C#Cc2ccc(CC)cn2)cc1. The van der Waals surface area contributed by atoms with E-state index < -0.39 is 0 Å². The number of rotatable bonds is 7. The van der Waals surface area contributed by atoms with Crippen LogP contribution in [0.5, 0.6) is 5.75 Å². The first-order valence-corrected chi connectivity index (χ1v) is 8.51. The third-order valence-electron chi connectivity index (χ3n) is 3.69. The van der Waals surface area contributed by atoms with Crippen LogP contribution >= 0.6 is 0 Å². The van der Waals surface area contributed by atoms with Crippen molar-refractivity contribution in [3.05, 3.63) is 59.4 Å². The van der Waals surface area contributed by atoms with E-state index in [2.05, 4.69) is 36.7 Å². The van der Waals surface area contributed by atoms with E-state index in [0.29, 0.717) is 0 Å². The molecule has 0 radical (unpaired) electrons. The summed E-state index contributed by atoms with van der Waals surface area (Å²) < 4.78 is 5.74. The Labute approximate surface area is 139 Å². The van der Waals surface area contributed by atoms with Gasteiger partial charge in [0, 0.05) is 11.8 Å². The number of benzene rings is 1. The lowest BCUT2D eigenvalue weighted by Gasteiger charge is -2.05. The second kappa shape index (κ2) is 9.69. The van der Waals surface area contributed by atoms with Crippen molar-refractivity contribution in [2.75, 3.05) is 6.61 Å². The average molecular weight is 307 g/mol. The lowest BCUT2D eigenvalue weighted by molar-refractivity contribution is 0.305. The number of nitrogens with zero attached hydrogens (tertiary/aromatic N) is 1. The number of aromatic nitrogens is 1. The monoisotopic (exact) mass is 307 g/mol. The Hall–Kier alpha value is -2.27. The van der Waals surface area contributed by atoms with Gasteiger partial charge in [-0.05, 0) is 54.7 Å². The van der Waals surface area contributed by atoms with E-state index in [-0.39, 0.29) is 0 Å². The maximum Gasteiger partial charge on any atom is 0.119 e. The number of aryl methyl sites for hydroxylation is 1. The van der Waals surface area contributed by atoms with Gasteiger partial charge in [0.25, 0.3) is 0 Å². The van der Waals surface area contributed by atoms with E-state index in [9.17, 15) is 0 Å². The summed E-state index contributed by atoms with van der Waals surface area (Å²) in [5.74, 6) is 7.15. The van der Waals surface area contributed by atoms with Crippen LogP contribution in [-0.4, -0.2) is 11.6 Å². The van der Waals surface area contributed by atoms with Crippen LogP contribution in [0.15, 0.2) is 42.6 Å². The predicted molar refractivity (Wildman–Crippen MR) is 95.7 cm³/mol. The molecule has 120 valence electrons. The minimum Gasteiger partial charge on any atom is -0.494 e. The van der Waals surface area contributed by atoms with Crippen LogP contribution in [0.25, 0.3) is 0 Å². The van der Waals surface area contributed by atoms with Gasteiger partial charge in [0.15, 0.2) is 0 Å². The molecule has 1 aromatic heterocycles. The Kier molecular flexibility index (Phi) is 7.20. The summed E-state index contributed by atoms with van der Waals surface area (Å²) in [6.07, 6.45) is 7.79. The molecule has 23 heavy (non-hydrogen) atoms. The normalized spacial score (nSPS) is 10.0. The van der Waals surface area contributed by atoms with Crippen molar-refractivity contribution < 1.29 is 4.74 Å². The van der Waals surface area contributed by atoms with Crippen molar-refractivity contribution in [3.63, 3.8) is 0 Å². The van der Waals surface area contributed by atoms with Crippen LogP contribution in [0.1, 0.15) is 56.4 Å². The highest BCUT2D eigenvalue weighted by Gasteiger charge is 1.95. The summed E-state index contributed by atoms with van der Waals surface area (Å²) in [6.45, 7) is 5.13. The molecular formula is C21H25NO. The van der Waals surface area contributed by atoms with E-state index >= 15 is 0 Å². The van der Waals surface area contributed by atoms with Crippen molar-refractivity contribution in [3.8, 4) is 17.6 Å². The molecule has 0 amide bonds. The van der Waals surface area contributed by atoms with Crippen LogP contribution in [0, 0.1) is 11.8 Å².